The molecule has 0 saturated heterocycles. The van der Waals surface area contributed by atoms with E-state index in [1.165, 1.54) is 0 Å². The number of aromatic nitrogens is 5. The zero-order valence-corrected chi connectivity index (χ0v) is 14.0. The first-order chi connectivity index (χ1) is 12.3. The van der Waals surface area contributed by atoms with Crippen LogP contribution in [0.25, 0.3) is 10.9 Å². The first-order valence-corrected chi connectivity index (χ1v) is 8.40. The van der Waals surface area contributed by atoms with Gasteiger partial charge in [-0.1, -0.05) is 18.2 Å². The number of fused-ring (bicyclic) bond motifs is 2. The van der Waals surface area contributed by atoms with Gasteiger partial charge in [-0.05, 0) is 18.9 Å². The van der Waals surface area contributed by atoms with Crippen LogP contribution < -0.4 is 5.32 Å². The molecule has 1 unspecified atom stereocenters. The number of ether oxygens (including phenoxy) is 1. The number of carbonyl (C=O) groups is 1. The molecule has 1 aliphatic rings. The number of methoxy groups -OCH3 is 1. The van der Waals surface area contributed by atoms with Crippen LogP contribution in [0.5, 0.6) is 0 Å². The van der Waals surface area contributed by atoms with Gasteiger partial charge < -0.3 is 14.6 Å². The molecule has 2 N–H and O–H groups in total. The highest BCUT2D eigenvalue weighted by molar-refractivity contribution is 6.04. The molecule has 0 aliphatic carbocycles. The summed E-state index contributed by atoms with van der Waals surface area (Å²) in [5.41, 5.74) is 1.31. The van der Waals surface area contributed by atoms with Crippen LogP contribution in [0, 0.1) is 0 Å². The van der Waals surface area contributed by atoms with E-state index in [0.29, 0.717) is 12.3 Å². The minimum atomic E-state index is -0.141. The first kappa shape index (κ1) is 15.8. The molecule has 1 aliphatic heterocycles. The summed E-state index contributed by atoms with van der Waals surface area (Å²) in [6.45, 7) is 1.22. The number of rotatable bonds is 4. The number of hydrogen-bond donors (Lipinski definition) is 2. The Kier molecular flexibility index (Phi) is 4.19. The lowest BCUT2D eigenvalue weighted by atomic mass is 10.1. The molecule has 0 bridgehead atoms. The number of nitrogens with zero attached hydrogens (tertiary/aromatic N) is 4. The van der Waals surface area contributed by atoms with Crippen molar-refractivity contribution in [3.63, 3.8) is 0 Å². The maximum absolute atomic E-state index is 12.6. The summed E-state index contributed by atoms with van der Waals surface area (Å²) in [6, 6.07) is 7.72. The Labute approximate surface area is 144 Å². The van der Waals surface area contributed by atoms with E-state index < -0.39 is 0 Å². The normalized spacial score (nSPS) is 17.2. The molecule has 1 aromatic carbocycles. The molecule has 8 heteroatoms. The van der Waals surface area contributed by atoms with Gasteiger partial charge in [0.2, 0.25) is 0 Å². The molecule has 0 fully saturated rings. The van der Waals surface area contributed by atoms with Gasteiger partial charge in [0.25, 0.3) is 5.91 Å². The molecule has 25 heavy (non-hydrogen) atoms. The van der Waals surface area contributed by atoms with Gasteiger partial charge in [-0.2, -0.15) is 5.10 Å². The van der Waals surface area contributed by atoms with Crippen LogP contribution in [0.15, 0.2) is 24.3 Å². The van der Waals surface area contributed by atoms with Crippen LogP contribution in [0.3, 0.4) is 0 Å². The quantitative estimate of drug-likeness (QED) is 0.749. The van der Waals surface area contributed by atoms with E-state index in [1.807, 2.05) is 24.3 Å². The van der Waals surface area contributed by atoms with E-state index in [2.05, 4.69) is 30.3 Å². The van der Waals surface area contributed by atoms with Crippen molar-refractivity contribution in [2.75, 3.05) is 7.11 Å². The Morgan fingerprint density at radius 1 is 1.36 bits per heavy atom. The van der Waals surface area contributed by atoms with Gasteiger partial charge in [0.1, 0.15) is 12.4 Å². The Balaban J connectivity index is 1.46. The number of aryl methyl sites for hydroxylation is 1. The zero-order valence-electron chi connectivity index (χ0n) is 14.0. The van der Waals surface area contributed by atoms with Gasteiger partial charge in [0, 0.05) is 31.5 Å². The van der Waals surface area contributed by atoms with Gasteiger partial charge in [-0.15, -0.1) is 10.2 Å². The molecule has 1 amide bonds. The van der Waals surface area contributed by atoms with E-state index in [0.717, 1.165) is 48.4 Å². The molecular weight excluding hydrogens is 320 g/mol. The standard InChI is InChI=1S/C17H20N6O2/c1-25-10-15-21-20-14-7-6-11(8-9-23(14)15)18-17(24)16-12-4-2-3-5-13(12)19-22-16/h2-5,11H,6-10H2,1H3,(H,18,24)(H,19,22). The van der Waals surface area contributed by atoms with E-state index in [9.17, 15) is 4.79 Å². The van der Waals surface area contributed by atoms with Gasteiger partial charge in [0.05, 0.1) is 5.52 Å². The third kappa shape index (κ3) is 3.00. The number of aromatic amines is 1. The fourth-order valence-corrected chi connectivity index (χ4v) is 3.32. The molecule has 0 spiro atoms. The molecule has 0 saturated carbocycles. The first-order valence-electron chi connectivity index (χ1n) is 8.40. The fourth-order valence-electron chi connectivity index (χ4n) is 3.32. The highest BCUT2D eigenvalue weighted by atomic mass is 16.5. The summed E-state index contributed by atoms with van der Waals surface area (Å²) in [5.74, 6) is 1.65. The van der Waals surface area contributed by atoms with Crippen LogP contribution in [0.1, 0.15) is 35.0 Å². The molecule has 2 aromatic heterocycles. The summed E-state index contributed by atoms with van der Waals surface area (Å²) in [4.78, 5) is 12.6. The predicted octanol–water partition coefficient (Wildman–Crippen LogP) is 1.44. The SMILES string of the molecule is COCc1nnc2n1CCC(NC(=O)c1n[nH]c3ccccc13)CC2. The van der Waals surface area contributed by atoms with Crippen molar-refractivity contribution in [3.8, 4) is 0 Å². The Hall–Kier alpha value is -2.74. The summed E-state index contributed by atoms with van der Waals surface area (Å²) < 4.78 is 7.27. The second-order valence-corrected chi connectivity index (χ2v) is 6.23. The van der Waals surface area contributed by atoms with Crippen molar-refractivity contribution in [2.24, 2.45) is 0 Å². The molecule has 3 aromatic rings. The highest BCUT2D eigenvalue weighted by Crippen LogP contribution is 2.18. The van der Waals surface area contributed by atoms with Gasteiger partial charge in [-0.3, -0.25) is 9.89 Å². The number of para-hydroxylation sites is 1. The van der Waals surface area contributed by atoms with Crippen molar-refractivity contribution >= 4 is 16.8 Å². The number of amides is 1. The van der Waals surface area contributed by atoms with Crippen molar-refractivity contribution in [2.45, 2.75) is 38.5 Å². The predicted molar refractivity (Wildman–Crippen MR) is 91.0 cm³/mol. The number of benzene rings is 1. The molecule has 0 radical (unpaired) electrons. The van der Waals surface area contributed by atoms with E-state index in [1.54, 1.807) is 7.11 Å². The van der Waals surface area contributed by atoms with Crippen LogP contribution in [-0.4, -0.2) is 44.0 Å². The lowest BCUT2D eigenvalue weighted by molar-refractivity contribution is 0.0929. The highest BCUT2D eigenvalue weighted by Gasteiger charge is 2.23. The number of hydrogen-bond acceptors (Lipinski definition) is 5. The smallest absolute Gasteiger partial charge is 0.272 e. The summed E-state index contributed by atoms with van der Waals surface area (Å²) in [7, 11) is 1.65. The zero-order chi connectivity index (χ0) is 17.2. The molecule has 3 heterocycles. The lowest BCUT2D eigenvalue weighted by Gasteiger charge is -2.15. The number of nitrogens with one attached hydrogen (secondary N) is 2. The topological polar surface area (TPSA) is 97.7 Å². The van der Waals surface area contributed by atoms with Gasteiger partial charge in [0.15, 0.2) is 11.5 Å². The Bertz CT molecular complexity index is 900. The number of carbonyl (C=O) groups excluding carboxylic acids is 1. The molecular formula is C17H20N6O2. The van der Waals surface area contributed by atoms with E-state index in [4.69, 9.17) is 4.74 Å². The van der Waals surface area contributed by atoms with Crippen LogP contribution in [0.4, 0.5) is 0 Å². The Morgan fingerprint density at radius 2 is 2.24 bits per heavy atom. The fraction of sp³-hybridized carbons (Fsp3) is 0.412. The van der Waals surface area contributed by atoms with Crippen molar-refractivity contribution in [1.82, 2.24) is 30.3 Å². The lowest BCUT2D eigenvalue weighted by Crippen LogP contribution is -2.35. The average Bonchev–Trinajstić information content (AvgIpc) is 3.16. The van der Waals surface area contributed by atoms with Gasteiger partial charge in [-0.25, -0.2) is 0 Å². The second-order valence-electron chi connectivity index (χ2n) is 6.23. The summed E-state index contributed by atoms with van der Waals surface area (Å²) >= 11 is 0. The van der Waals surface area contributed by atoms with E-state index >= 15 is 0 Å². The van der Waals surface area contributed by atoms with Crippen LogP contribution >= 0.6 is 0 Å². The average molecular weight is 340 g/mol. The van der Waals surface area contributed by atoms with Crippen molar-refractivity contribution in [1.29, 1.82) is 0 Å². The molecule has 1 atom stereocenters. The largest absolute Gasteiger partial charge is 0.377 e. The number of H-pyrrole nitrogens is 1. The Morgan fingerprint density at radius 3 is 3.12 bits per heavy atom. The summed E-state index contributed by atoms with van der Waals surface area (Å²) in [6.07, 6.45) is 2.44. The van der Waals surface area contributed by atoms with Gasteiger partial charge >= 0.3 is 0 Å². The minimum absolute atomic E-state index is 0.0834. The van der Waals surface area contributed by atoms with Crippen LogP contribution in [0.2, 0.25) is 0 Å². The monoisotopic (exact) mass is 340 g/mol. The molecule has 8 nitrogen and oxygen atoms in total. The van der Waals surface area contributed by atoms with E-state index in [-0.39, 0.29) is 11.9 Å². The summed E-state index contributed by atoms with van der Waals surface area (Å²) in [5, 5.41) is 19.4. The molecule has 130 valence electrons. The third-order valence-corrected chi connectivity index (χ3v) is 4.62. The maximum atomic E-state index is 12.6. The van der Waals surface area contributed by atoms with Crippen molar-refractivity contribution in [3.05, 3.63) is 41.6 Å². The maximum Gasteiger partial charge on any atom is 0.272 e. The molecule has 4 rings (SSSR count). The second kappa shape index (κ2) is 6.64. The van der Waals surface area contributed by atoms with Crippen molar-refractivity contribution < 1.29 is 9.53 Å². The minimum Gasteiger partial charge on any atom is -0.377 e. The van der Waals surface area contributed by atoms with Crippen LogP contribution in [-0.2, 0) is 24.3 Å². The third-order valence-electron chi connectivity index (χ3n) is 4.62.